The van der Waals surface area contributed by atoms with Crippen molar-refractivity contribution in [1.82, 2.24) is 15.1 Å². The van der Waals surface area contributed by atoms with Gasteiger partial charge in [-0.3, -0.25) is 29.7 Å². The molecular weight excluding hydrogens is 324 g/mol. The molecule has 0 bridgehead atoms. The lowest BCUT2D eigenvalue weighted by Gasteiger charge is -2.31. The molecule has 2 saturated heterocycles. The van der Waals surface area contributed by atoms with Crippen LogP contribution in [0.3, 0.4) is 0 Å². The highest BCUT2D eigenvalue weighted by Gasteiger charge is 2.42. The largest absolute Gasteiger partial charge is 0.379 e. The number of urea groups is 1. The molecule has 4 amide bonds. The summed E-state index contributed by atoms with van der Waals surface area (Å²) in [5.74, 6) is -1.99. The van der Waals surface area contributed by atoms with Gasteiger partial charge in [0.15, 0.2) is 5.92 Å². The summed E-state index contributed by atoms with van der Waals surface area (Å²) in [6, 6.07) is -0.622. The van der Waals surface area contributed by atoms with Crippen LogP contribution < -0.4 is 5.32 Å². The first-order valence-corrected chi connectivity index (χ1v) is 9.08. The number of ether oxygens (including phenoxy) is 1. The number of hydrogen-bond donors (Lipinski definition) is 1. The standard InChI is InChI=1S/C17H28N4O4/c1-3-5-7-21-16(23)14(15(22)19-17(21)24)13(4-2)18-6-8-20-9-11-25-12-10-20/h14H,3-12H2,1-2H3,(H,19,22,24)/t14-/m1/s1. The Morgan fingerprint density at radius 3 is 2.56 bits per heavy atom. The molecule has 2 rings (SSSR count). The second-order valence-corrected chi connectivity index (χ2v) is 6.25. The molecule has 0 aromatic carbocycles. The summed E-state index contributed by atoms with van der Waals surface area (Å²) in [6.07, 6.45) is 2.09. The lowest BCUT2D eigenvalue weighted by molar-refractivity contribution is -0.139. The van der Waals surface area contributed by atoms with Crippen LogP contribution in [0, 0.1) is 5.92 Å². The van der Waals surface area contributed by atoms with Crippen LogP contribution in [0.5, 0.6) is 0 Å². The molecule has 0 unspecified atom stereocenters. The van der Waals surface area contributed by atoms with Crippen molar-refractivity contribution in [2.24, 2.45) is 10.9 Å². The van der Waals surface area contributed by atoms with E-state index in [-0.39, 0.29) is 0 Å². The van der Waals surface area contributed by atoms with Crippen LogP contribution >= 0.6 is 0 Å². The summed E-state index contributed by atoms with van der Waals surface area (Å²) in [4.78, 5) is 44.7. The van der Waals surface area contributed by atoms with Crippen molar-refractivity contribution in [2.45, 2.75) is 33.1 Å². The second kappa shape index (κ2) is 9.62. The quantitative estimate of drug-likeness (QED) is 0.512. The zero-order chi connectivity index (χ0) is 18.2. The average molecular weight is 352 g/mol. The van der Waals surface area contributed by atoms with Gasteiger partial charge in [-0.15, -0.1) is 0 Å². The summed E-state index contributed by atoms with van der Waals surface area (Å²) in [5.41, 5.74) is 0.546. The fraction of sp³-hybridized carbons (Fsp3) is 0.765. The van der Waals surface area contributed by atoms with Crippen LogP contribution in [-0.4, -0.2) is 79.3 Å². The fourth-order valence-corrected chi connectivity index (χ4v) is 3.00. The Hall–Kier alpha value is -1.80. The number of carbonyl (C=O) groups excluding carboxylic acids is 3. The molecule has 25 heavy (non-hydrogen) atoms. The van der Waals surface area contributed by atoms with Crippen molar-refractivity contribution < 1.29 is 19.1 Å². The Balaban J connectivity index is 2.02. The van der Waals surface area contributed by atoms with Crippen LogP contribution in [0.2, 0.25) is 0 Å². The van der Waals surface area contributed by atoms with Gasteiger partial charge in [-0.2, -0.15) is 0 Å². The normalized spacial score (nSPS) is 23.1. The Kier molecular flexibility index (Phi) is 7.52. The number of nitrogens with zero attached hydrogens (tertiary/aromatic N) is 3. The zero-order valence-electron chi connectivity index (χ0n) is 15.1. The third-order valence-electron chi connectivity index (χ3n) is 4.52. The summed E-state index contributed by atoms with van der Waals surface area (Å²) < 4.78 is 5.31. The predicted octanol–water partition coefficient (Wildman–Crippen LogP) is 0.664. The Morgan fingerprint density at radius 2 is 1.92 bits per heavy atom. The third-order valence-corrected chi connectivity index (χ3v) is 4.52. The molecule has 0 radical (unpaired) electrons. The monoisotopic (exact) mass is 352 g/mol. The van der Waals surface area contributed by atoms with Crippen LogP contribution in [0.15, 0.2) is 4.99 Å². The van der Waals surface area contributed by atoms with Gasteiger partial charge in [0, 0.05) is 31.9 Å². The summed E-state index contributed by atoms with van der Waals surface area (Å²) in [6.45, 7) is 8.69. The topological polar surface area (TPSA) is 91.3 Å². The van der Waals surface area contributed by atoms with Gasteiger partial charge in [-0.1, -0.05) is 20.3 Å². The SMILES string of the molecule is CCCCN1C(=O)NC(=O)[C@@H](C(CC)=NCCN2CCOCC2)C1=O. The van der Waals surface area contributed by atoms with Crippen molar-refractivity contribution in [3.63, 3.8) is 0 Å². The van der Waals surface area contributed by atoms with Crippen molar-refractivity contribution in [2.75, 3.05) is 45.9 Å². The second-order valence-electron chi connectivity index (χ2n) is 6.25. The molecule has 140 valence electrons. The zero-order valence-corrected chi connectivity index (χ0v) is 15.1. The van der Waals surface area contributed by atoms with E-state index in [0.717, 1.165) is 50.6 Å². The molecule has 1 N–H and O–H groups in total. The number of hydrogen-bond acceptors (Lipinski definition) is 6. The van der Waals surface area contributed by atoms with Gasteiger partial charge >= 0.3 is 6.03 Å². The van der Waals surface area contributed by atoms with E-state index in [1.54, 1.807) is 0 Å². The van der Waals surface area contributed by atoms with Gasteiger partial charge in [0.1, 0.15) is 0 Å². The van der Waals surface area contributed by atoms with E-state index < -0.39 is 23.8 Å². The maximum Gasteiger partial charge on any atom is 0.330 e. The van der Waals surface area contributed by atoms with Gasteiger partial charge in [-0.05, 0) is 12.8 Å². The lowest BCUT2D eigenvalue weighted by atomic mass is 9.96. The number of aliphatic imine (C=N–C) groups is 1. The Morgan fingerprint density at radius 1 is 1.20 bits per heavy atom. The smallest absolute Gasteiger partial charge is 0.330 e. The molecular formula is C17H28N4O4. The predicted molar refractivity (Wildman–Crippen MR) is 93.5 cm³/mol. The maximum atomic E-state index is 12.7. The molecule has 8 heteroatoms. The Bertz CT molecular complexity index is 529. The number of amides is 4. The van der Waals surface area contributed by atoms with E-state index in [1.807, 2.05) is 13.8 Å². The highest BCUT2D eigenvalue weighted by atomic mass is 16.5. The van der Waals surface area contributed by atoms with Crippen LogP contribution in [-0.2, 0) is 14.3 Å². The van der Waals surface area contributed by atoms with Crippen LogP contribution in [0.25, 0.3) is 0 Å². The van der Waals surface area contributed by atoms with E-state index in [1.165, 1.54) is 0 Å². The van der Waals surface area contributed by atoms with Crippen LogP contribution in [0.4, 0.5) is 4.79 Å². The van der Waals surface area contributed by atoms with E-state index in [9.17, 15) is 14.4 Å². The van der Waals surface area contributed by atoms with Crippen molar-refractivity contribution in [1.29, 1.82) is 0 Å². The van der Waals surface area contributed by atoms with E-state index in [2.05, 4.69) is 15.2 Å². The number of morpholine rings is 1. The minimum Gasteiger partial charge on any atom is -0.379 e. The molecule has 0 spiro atoms. The van der Waals surface area contributed by atoms with Crippen LogP contribution in [0.1, 0.15) is 33.1 Å². The average Bonchev–Trinajstić information content (AvgIpc) is 2.61. The van der Waals surface area contributed by atoms with Gasteiger partial charge in [0.05, 0.1) is 19.8 Å². The number of nitrogens with one attached hydrogen (secondary N) is 1. The van der Waals surface area contributed by atoms with E-state index >= 15 is 0 Å². The molecule has 1 atom stereocenters. The van der Waals surface area contributed by atoms with Crippen molar-refractivity contribution >= 4 is 23.6 Å². The minimum atomic E-state index is -0.982. The maximum absolute atomic E-state index is 12.7. The summed E-state index contributed by atoms with van der Waals surface area (Å²) in [5, 5.41) is 2.29. The molecule has 0 saturated carbocycles. The number of carbonyl (C=O) groups is 3. The lowest BCUT2D eigenvalue weighted by Crippen LogP contribution is -2.60. The molecule has 0 aromatic heterocycles. The molecule has 2 aliphatic heterocycles. The molecule has 0 aromatic rings. The van der Waals surface area contributed by atoms with Gasteiger partial charge in [0.25, 0.3) is 0 Å². The molecule has 0 aliphatic carbocycles. The first-order chi connectivity index (χ1) is 12.1. The highest BCUT2D eigenvalue weighted by Crippen LogP contribution is 2.15. The van der Waals surface area contributed by atoms with Gasteiger partial charge in [-0.25, -0.2) is 4.79 Å². The first kappa shape index (κ1) is 19.5. The van der Waals surface area contributed by atoms with E-state index in [4.69, 9.17) is 4.74 Å². The first-order valence-electron chi connectivity index (χ1n) is 9.08. The van der Waals surface area contributed by atoms with Gasteiger partial charge < -0.3 is 4.74 Å². The summed E-state index contributed by atoms with van der Waals surface area (Å²) in [7, 11) is 0. The van der Waals surface area contributed by atoms with Crippen molar-refractivity contribution in [3.8, 4) is 0 Å². The fourth-order valence-electron chi connectivity index (χ4n) is 3.00. The molecule has 2 aliphatic rings. The number of imide groups is 2. The third kappa shape index (κ3) is 5.09. The molecule has 2 heterocycles. The van der Waals surface area contributed by atoms with Crippen molar-refractivity contribution in [3.05, 3.63) is 0 Å². The highest BCUT2D eigenvalue weighted by molar-refractivity contribution is 6.27. The number of barbiturate groups is 1. The molecule has 2 fully saturated rings. The molecule has 8 nitrogen and oxygen atoms in total. The van der Waals surface area contributed by atoms with E-state index in [0.29, 0.717) is 25.2 Å². The Labute approximate surface area is 148 Å². The minimum absolute atomic E-state index is 0.329. The number of unbranched alkanes of at least 4 members (excludes halogenated alkanes) is 1. The number of rotatable bonds is 8. The summed E-state index contributed by atoms with van der Waals surface area (Å²) >= 11 is 0. The van der Waals surface area contributed by atoms with Gasteiger partial charge in [0.2, 0.25) is 11.8 Å².